The van der Waals surface area contributed by atoms with Crippen LogP contribution in [-0.4, -0.2) is 20.7 Å². The van der Waals surface area contributed by atoms with Gasteiger partial charge >= 0.3 is 5.97 Å². The summed E-state index contributed by atoms with van der Waals surface area (Å²) in [5.74, 6) is -0.534. The van der Waals surface area contributed by atoms with Crippen molar-refractivity contribution in [2.45, 2.75) is 32.1 Å². The molecule has 0 aliphatic rings. The monoisotopic (exact) mass is 202 g/mol. The first-order chi connectivity index (χ1) is 5.95. The van der Waals surface area contributed by atoms with Crippen molar-refractivity contribution in [1.82, 2.24) is 0 Å². The number of rotatable bonds is 6. The maximum Gasteiger partial charge on any atom is 0.365 e. The fourth-order valence-electron chi connectivity index (χ4n) is 0.795. The van der Waals surface area contributed by atoms with E-state index in [0.29, 0.717) is 6.61 Å². The van der Waals surface area contributed by atoms with Gasteiger partial charge in [0.25, 0.3) is 0 Å². The van der Waals surface area contributed by atoms with Crippen molar-refractivity contribution in [2.75, 3.05) is 6.61 Å². The van der Waals surface area contributed by atoms with Crippen LogP contribution in [0.3, 0.4) is 0 Å². The summed E-state index contributed by atoms with van der Waals surface area (Å²) in [6, 6.07) is 1.18. The second-order valence-corrected chi connectivity index (χ2v) is 9.71. The number of hydrogen-bond donors (Lipinski definition) is 0. The second-order valence-electron chi connectivity index (χ2n) is 4.09. The maximum absolute atomic E-state index is 10.5. The predicted octanol–water partition coefficient (Wildman–Crippen LogP) is 2.38. The molecule has 0 fully saturated rings. The zero-order valence-corrected chi connectivity index (χ0v) is 9.63. The van der Waals surface area contributed by atoms with E-state index >= 15 is 0 Å². The van der Waals surface area contributed by atoms with Gasteiger partial charge in [0.15, 0.2) is 0 Å². The Labute approximate surface area is 80.7 Å². The van der Waals surface area contributed by atoms with Gasteiger partial charge in [0.05, 0.1) is 6.61 Å². The van der Waals surface area contributed by atoms with Crippen molar-refractivity contribution in [3.63, 3.8) is 0 Å². The van der Waals surface area contributed by atoms with Gasteiger partial charge in [0, 0.05) is 14.1 Å². The fraction of sp³-hybridized carbons (Fsp3) is 0.667. The molecule has 0 amide bonds. The standard InChI is InChI=1S/C9H18O3Si/c1-5-9(10)12-11-7-6-8-13(2,3)4/h5H,1,6-8H2,2-4H3. The van der Waals surface area contributed by atoms with E-state index in [1.807, 2.05) is 0 Å². The third kappa shape index (κ3) is 9.30. The van der Waals surface area contributed by atoms with E-state index in [4.69, 9.17) is 0 Å². The Morgan fingerprint density at radius 2 is 2.08 bits per heavy atom. The van der Waals surface area contributed by atoms with Crippen LogP contribution in [0.15, 0.2) is 12.7 Å². The zero-order valence-electron chi connectivity index (χ0n) is 8.63. The van der Waals surface area contributed by atoms with Gasteiger partial charge < -0.3 is 0 Å². The maximum atomic E-state index is 10.5. The van der Waals surface area contributed by atoms with Crippen LogP contribution in [0.4, 0.5) is 0 Å². The molecule has 0 radical (unpaired) electrons. The topological polar surface area (TPSA) is 35.5 Å². The Morgan fingerprint density at radius 1 is 1.46 bits per heavy atom. The van der Waals surface area contributed by atoms with E-state index in [1.165, 1.54) is 6.04 Å². The molecule has 3 nitrogen and oxygen atoms in total. The molecule has 0 heterocycles. The summed E-state index contributed by atoms with van der Waals surface area (Å²) in [7, 11) is -0.983. The molecule has 0 bridgehead atoms. The minimum absolute atomic E-state index is 0.476. The van der Waals surface area contributed by atoms with Crippen LogP contribution in [0.2, 0.25) is 25.7 Å². The average molecular weight is 202 g/mol. The molecule has 76 valence electrons. The molecule has 0 atom stereocenters. The lowest BCUT2D eigenvalue weighted by Gasteiger charge is -2.14. The summed E-state index contributed by atoms with van der Waals surface area (Å²) in [6.07, 6.45) is 2.03. The highest BCUT2D eigenvalue weighted by Crippen LogP contribution is 2.10. The molecule has 0 saturated carbocycles. The summed E-state index contributed by atoms with van der Waals surface area (Å²) in [6.45, 7) is 10.6. The van der Waals surface area contributed by atoms with Crippen LogP contribution < -0.4 is 0 Å². The highest BCUT2D eigenvalue weighted by atomic mass is 28.3. The summed E-state index contributed by atoms with van der Waals surface area (Å²) >= 11 is 0. The average Bonchev–Trinajstić information content (AvgIpc) is 2.01. The zero-order chi connectivity index (χ0) is 10.3. The first-order valence-corrected chi connectivity index (χ1v) is 8.12. The fourth-order valence-corrected chi connectivity index (χ4v) is 2.00. The van der Waals surface area contributed by atoms with E-state index in [-0.39, 0.29) is 0 Å². The Hall–Kier alpha value is -0.613. The first-order valence-electron chi connectivity index (χ1n) is 4.41. The quantitative estimate of drug-likeness (QED) is 0.218. The molecule has 0 aliphatic heterocycles. The Balaban J connectivity index is 3.27. The SMILES string of the molecule is C=CC(=O)OOCCC[Si](C)(C)C. The van der Waals surface area contributed by atoms with Gasteiger partial charge in [-0.25, -0.2) is 4.79 Å². The van der Waals surface area contributed by atoms with E-state index in [9.17, 15) is 4.79 Å². The van der Waals surface area contributed by atoms with Crippen molar-refractivity contribution >= 4 is 14.0 Å². The molecule has 0 aromatic rings. The van der Waals surface area contributed by atoms with Crippen LogP contribution in [0, 0.1) is 0 Å². The van der Waals surface area contributed by atoms with Gasteiger partial charge in [-0.2, -0.15) is 4.89 Å². The van der Waals surface area contributed by atoms with Crippen LogP contribution in [0.1, 0.15) is 6.42 Å². The van der Waals surface area contributed by atoms with Gasteiger partial charge in [-0.05, 0) is 6.42 Å². The van der Waals surface area contributed by atoms with Crippen molar-refractivity contribution in [3.05, 3.63) is 12.7 Å². The molecule has 0 aromatic heterocycles. The van der Waals surface area contributed by atoms with Gasteiger partial charge in [-0.15, -0.1) is 0 Å². The highest BCUT2D eigenvalue weighted by molar-refractivity contribution is 6.76. The smallest absolute Gasteiger partial charge is 0.294 e. The van der Waals surface area contributed by atoms with E-state index in [2.05, 4.69) is 36.0 Å². The number of carbonyl (C=O) groups is 1. The third-order valence-corrected chi connectivity index (χ3v) is 3.32. The molecule has 0 aromatic carbocycles. The molecule has 0 unspecified atom stereocenters. The summed E-state index contributed by atoms with van der Waals surface area (Å²) < 4.78 is 0. The minimum Gasteiger partial charge on any atom is -0.294 e. The summed E-state index contributed by atoms with van der Waals surface area (Å²) in [4.78, 5) is 19.6. The molecule has 0 aliphatic carbocycles. The lowest BCUT2D eigenvalue weighted by molar-refractivity contribution is -0.267. The van der Waals surface area contributed by atoms with E-state index in [1.54, 1.807) is 0 Å². The van der Waals surface area contributed by atoms with Crippen molar-refractivity contribution in [2.24, 2.45) is 0 Å². The molecule has 4 heteroatoms. The number of carbonyl (C=O) groups excluding carboxylic acids is 1. The van der Waals surface area contributed by atoms with Gasteiger partial charge in [0.2, 0.25) is 0 Å². The van der Waals surface area contributed by atoms with Gasteiger partial charge in [-0.3, -0.25) is 4.89 Å². The van der Waals surface area contributed by atoms with Crippen LogP contribution >= 0.6 is 0 Å². The second kappa shape index (κ2) is 5.94. The molecule has 0 rings (SSSR count). The molecule has 0 spiro atoms. The Morgan fingerprint density at radius 3 is 2.54 bits per heavy atom. The van der Waals surface area contributed by atoms with Crippen molar-refractivity contribution in [3.8, 4) is 0 Å². The summed E-state index contributed by atoms with van der Waals surface area (Å²) in [5.41, 5.74) is 0. The Kier molecular flexibility index (Phi) is 5.66. The lowest BCUT2D eigenvalue weighted by Crippen LogP contribution is -2.19. The van der Waals surface area contributed by atoms with Gasteiger partial charge in [0.1, 0.15) is 0 Å². The largest absolute Gasteiger partial charge is 0.365 e. The normalized spacial score (nSPS) is 11.0. The molecular weight excluding hydrogens is 184 g/mol. The molecular formula is C9H18O3Si. The first kappa shape index (κ1) is 12.4. The molecule has 13 heavy (non-hydrogen) atoms. The van der Waals surface area contributed by atoms with Crippen LogP contribution in [-0.2, 0) is 14.6 Å². The highest BCUT2D eigenvalue weighted by Gasteiger charge is 2.11. The predicted molar refractivity (Wildman–Crippen MR) is 55.0 cm³/mol. The minimum atomic E-state index is -0.983. The van der Waals surface area contributed by atoms with Crippen molar-refractivity contribution < 1.29 is 14.6 Å². The summed E-state index contributed by atoms with van der Waals surface area (Å²) in [5, 5.41) is 0. The Bertz CT molecular complexity index is 172. The van der Waals surface area contributed by atoms with E-state index in [0.717, 1.165) is 12.5 Å². The van der Waals surface area contributed by atoms with Gasteiger partial charge in [-0.1, -0.05) is 32.3 Å². The van der Waals surface area contributed by atoms with E-state index < -0.39 is 14.0 Å². The molecule has 0 saturated heterocycles. The third-order valence-electron chi connectivity index (χ3n) is 1.46. The van der Waals surface area contributed by atoms with Crippen LogP contribution in [0.5, 0.6) is 0 Å². The number of hydrogen-bond acceptors (Lipinski definition) is 3. The van der Waals surface area contributed by atoms with Crippen molar-refractivity contribution in [1.29, 1.82) is 0 Å². The van der Waals surface area contributed by atoms with Crippen LogP contribution in [0.25, 0.3) is 0 Å². The lowest BCUT2D eigenvalue weighted by atomic mass is 10.5. The molecule has 0 N–H and O–H groups in total.